The van der Waals surface area contributed by atoms with Crippen molar-refractivity contribution in [3.63, 3.8) is 0 Å². The van der Waals surface area contributed by atoms with Gasteiger partial charge in [0.1, 0.15) is 0 Å². The Hall–Kier alpha value is -0.0800. The van der Waals surface area contributed by atoms with Crippen LogP contribution in [0, 0.1) is 0 Å². The fraction of sp³-hybridized carbons (Fsp3) is 1.00. The van der Waals surface area contributed by atoms with Crippen LogP contribution in [0.15, 0.2) is 0 Å². The van der Waals surface area contributed by atoms with E-state index in [9.17, 15) is 0 Å². The van der Waals surface area contributed by atoms with Crippen LogP contribution in [0.3, 0.4) is 0 Å². The first-order valence-corrected chi connectivity index (χ1v) is 7.75. The van der Waals surface area contributed by atoms with Crippen LogP contribution in [-0.4, -0.2) is 25.7 Å². The van der Waals surface area contributed by atoms with E-state index in [1.54, 1.807) is 0 Å². The number of unbranched alkanes of at least 4 members (excludes halogenated alkanes) is 6. The first-order chi connectivity index (χ1) is 8.31. The van der Waals surface area contributed by atoms with Crippen molar-refractivity contribution in [3.8, 4) is 0 Å². The van der Waals surface area contributed by atoms with Crippen molar-refractivity contribution in [1.29, 1.82) is 0 Å². The first kappa shape index (κ1) is 16.9. The lowest BCUT2D eigenvalue weighted by molar-refractivity contribution is 0.483. The largest absolute Gasteiger partial charge is 0.315 e. The molecule has 0 radical (unpaired) electrons. The standard InChI is InChI=1S/C15H34N2/c1-4-6-7-8-9-10-11-13-17-15(3)14-16-12-5-2/h15-17H,4-14H2,1-3H3. The molecule has 2 heteroatoms. The third-order valence-corrected chi connectivity index (χ3v) is 3.15. The van der Waals surface area contributed by atoms with Gasteiger partial charge in [0.05, 0.1) is 0 Å². The van der Waals surface area contributed by atoms with Crippen LogP contribution < -0.4 is 10.6 Å². The van der Waals surface area contributed by atoms with Crippen LogP contribution in [0.1, 0.15) is 72.1 Å². The molecule has 0 saturated carbocycles. The highest BCUT2D eigenvalue weighted by molar-refractivity contribution is 4.63. The van der Waals surface area contributed by atoms with Gasteiger partial charge in [-0.05, 0) is 32.9 Å². The predicted molar refractivity (Wildman–Crippen MR) is 78.6 cm³/mol. The summed E-state index contributed by atoms with van der Waals surface area (Å²) in [6.07, 6.45) is 11.0. The highest BCUT2D eigenvalue weighted by Crippen LogP contribution is 2.06. The minimum atomic E-state index is 0.613. The summed E-state index contributed by atoms with van der Waals surface area (Å²) in [4.78, 5) is 0. The summed E-state index contributed by atoms with van der Waals surface area (Å²) in [7, 11) is 0. The number of nitrogens with one attached hydrogen (secondary N) is 2. The van der Waals surface area contributed by atoms with Crippen LogP contribution in [0.2, 0.25) is 0 Å². The van der Waals surface area contributed by atoms with Crippen LogP contribution in [0.25, 0.3) is 0 Å². The molecule has 0 amide bonds. The Bertz CT molecular complexity index is 137. The molecule has 0 aromatic carbocycles. The van der Waals surface area contributed by atoms with Gasteiger partial charge >= 0.3 is 0 Å². The zero-order chi connectivity index (χ0) is 12.8. The van der Waals surface area contributed by atoms with Crippen molar-refractivity contribution in [2.45, 2.75) is 78.2 Å². The van der Waals surface area contributed by atoms with Crippen molar-refractivity contribution in [3.05, 3.63) is 0 Å². The molecule has 0 aliphatic rings. The predicted octanol–water partition coefficient (Wildman–Crippen LogP) is 3.71. The molecule has 0 heterocycles. The minimum Gasteiger partial charge on any atom is -0.315 e. The first-order valence-electron chi connectivity index (χ1n) is 7.75. The van der Waals surface area contributed by atoms with E-state index >= 15 is 0 Å². The fourth-order valence-electron chi connectivity index (χ4n) is 2.00. The Kier molecular flexibility index (Phi) is 13.9. The topological polar surface area (TPSA) is 24.1 Å². The van der Waals surface area contributed by atoms with Crippen molar-refractivity contribution in [2.75, 3.05) is 19.6 Å². The molecular weight excluding hydrogens is 208 g/mol. The van der Waals surface area contributed by atoms with Gasteiger partial charge in [-0.15, -0.1) is 0 Å². The van der Waals surface area contributed by atoms with Crippen LogP contribution in [0.4, 0.5) is 0 Å². The summed E-state index contributed by atoms with van der Waals surface area (Å²) in [5.74, 6) is 0. The molecule has 17 heavy (non-hydrogen) atoms. The molecule has 0 bridgehead atoms. The lowest BCUT2D eigenvalue weighted by atomic mass is 10.1. The maximum absolute atomic E-state index is 3.58. The van der Waals surface area contributed by atoms with E-state index in [2.05, 4.69) is 31.4 Å². The molecule has 0 aromatic heterocycles. The highest BCUT2D eigenvalue weighted by Gasteiger charge is 1.99. The Balaban J connectivity index is 3.05. The van der Waals surface area contributed by atoms with Gasteiger partial charge in [-0.25, -0.2) is 0 Å². The summed E-state index contributed by atoms with van der Waals surface area (Å²) in [5.41, 5.74) is 0. The Labute approximate surface area is 109 Å². The molecule has 0 fully saturated rings. The highest BCUT2D eigenvalue weighted by atomic mass is 15.0. The fourth-order valence-corrected chi connectivity index (χ4v) is 2.00. The summed E-state index contributed by atoms with van der Waals surface area (Å²) in [5, 5.41) is 7.03. The van der Waals surface area contributed by atoms with E-state index in [0.717, 1.165) is 13.1 Å². The van der Waals surface area contributed by atoms with Gasteiger partial charge in [-0.1, -0.05) is 52.4 Å². The maximum atomic E-state index is 3.58. The average Bonchev–Trinajstić information content (AvgIpc) is 2.33. The Morgan fingerprint density at radius 1 is 0.765 bits per heavy atom. The molecule has 1 unspecified atom stereocenters. The lowest BCUT2D eigenvalue weighted by Crippen LogP contribution is -2.37. The summed E-state index contributed by atoms with van der Waals surface area (Å²) < 4.78 is 0. The average molecular weight is 242 g/mol. The molecule has 0 aliphatic heterocycles. The van der Waals surface area contributed by atoms with E-state index in [-0.39, 0.29) is 0 Å². The molecule has 2 nitrogen and oxygen atoms in total. The number of hydrogen-bond acceptors (Lipinski definition) is 2. The van der Waals surface area contributed by atoms with Crippen LogP contribution in [0.5, 0.6) is 0 Å². The second kappa shape index (κ2) is 14.0. The Morgan fingerprint density at radius 3 is 2.06 bits per heavy atom. The second-order valence-corrected chi connectivity index (χ2v) is 5.18. The third-order valence-electron chi connectivity index (χ3n) is 3.15. The lowest BCUT2D eigenvalue weighted by Gasteiger charge is -2.14. The van der Waals surface area contributed by atoms with E-state index < -0.39 is 0 Å². The van der Waals surface area contributed by atoms with Gasteiger partial charge in [0.2, 0.25) is 0 Å². The quantitative estimate of drug-likeness (QED) is 0.481. The number of rotatable bonds is 13. The van der Waals surface area contributed by atoms with Crippen molar-refractivity contribution < 1.29 is 0 Å². The van der Waals surface area contributed by atoms with Crippen molar-refractivity contribution >= 4 is 0 Å². The van der Waals surface area contributed by atoms with E-state index in [1.165, 1.54) is 57.9 Å². The molecule has 0 spiro atoms. The molecule has 0 aromatic rings. The van der Waals surface area contributed by atoms with Crippen LogP contribution >= 0.6 is 0 Å². The number of hydrogen-bond donors (Lipinski definition) is 2. The SMILES string of the molecule is CCCCCCCCCNC(C)CNCCC. The minimum absolute atomic E-state index is 0.613. The van der Waals surface area contributed by atoms with Gasteiger partial charge in [0, 0.05) is 12.6 Å². The second-order valence-electron chi connectivity index (χ2n) is 5.18. The zero-order valence-corrected chi connectivity index (χ0v) is 12.4. The summed E-state index contributed by atoms with van der Waals surface area (Å²) >= 11 is 0. The smallest absolute Gasteiger partial charge is 0.0164 e. The van der Waals surface area contributed by atoms with Gasteiger partial charge < -0.3 is 10.6 Å². The van der Waals surface area contributed by atoms with E-state index in [1.807, 2.05) is 0 Å². The van der Waals surface area contributed by atoms with Gasteiger partial charge in [0.15, 0.2) is 0 Å². The van der Waals surface area contributed by atoms with Crippen LogP contribution in [-0.2, 0) is 0 Å². The molecular formula is C15H34N2. The van der Waals surface area contributed by atoms with E-state index in [0.29, 0.717) is 6.04 Å². The van der Waals surface area contributed by atoms with Gasteiger partial charge in [-0.2, -0.15) is 0 Å². The zero-order valence-electron chi connectivity index (χ0n) is 12.4. The monoisotopic (exact) mass is 242 g/mol. The molecule has 0 aliphatic carbocycles. The molecule has 104 valence electrons. The van der Waals surface area contributed by atoms with Crippen molar-refractivity contribution in [2.24, 2.45) is 0 Å². The third kappa shape index (κ3) is 13.9. The molecule has 2 N–H and O–H groups in total. The van der Waals surface area contributed by atoms with Crippen molar-refractivity contribution in [1.82, 2.24) is 10.6 Å². The van der Waals surface area contributed by atoms with E-state index in [4.69, 9.17) is 0 Å². The molecule has 0 rings (SSSR count). The van der Waals surface area contributed by atoms with Gasteiger partial charge in [-0.3, -0.25) is 0 Å². The summed E-state index contributed by atoms with van der Waals surface area (Å²) in [6, 6.07) is 0.613. The maximum Gasteiger partial charge on any atom is 0.0164 e. The Morgan fingerprint density at radius 2 is 1.41 bits per heavy atom. The normalized spacial score (nSPS) is 12.9. The van der Waals surface area contributed by atoms with Gasteiger partial charge in [0.25, 0.3) is 0 Å². The molecule has 1 atom stereocenters. The molecule has 0 saturated heterocycles. The summed E-state index contributed by atoms with van der Waals surface area (Å²) in [6.45, 7) is 10.2.